The first kappa shape index (κ1) is 18.9. The second-order valence-electron chi connectivity index (χ2n) is 6.00. The van der Waals surface area contributed by atoms with Crippen molar-refractivity contribution in [3.05, 3.63) is 46.2 Å². The van der Waals surface area contributed by atoms with Gasteiger partial charge in [0.15, 0.2) is 16.6 Å². The van der Waals surface area contributed by atoms with Crippen LogP contribution in [-0.4, -0.2) is 42.2 Å². The second-order valence-corrected chi connectivity index (χ2v) is 8.58. The summed E-state index contributed by atoms with van der Waals surface area (Å²) in [7, 11) is -3.70. The summed E-state index contributed by atoms with van der Waals surface area (Å²) in [5.74, 6) is 0.370. The lowest BCUT2D eigenvalue weighted by atomic mass is 10.2. The van der Waals surface area contributed by atoms with Crippen LogP contribution in [0.15, 0.2) is 50.5 Å². The monoisotopic (exact) mass is 432 g/mol. The molecule has 0 unspecified atom stereocenters. The van der Waals surface area contributed by atoms with Crippen LogP contribution in [0.1, 0.15) is 0 Å². The molecule has 29 heavy (non-hydrogen) atoms. The Hall–Kier alpha value is -3.45. The number of hydrogen-bond donors (Lipinski definition) is 5. The molecule has 0 spiro atoms. The van der Waals surface area contributed by atoms with Gasteiger partial charge in [-0.05, 0) is 24.3 Å². The topological polar surface area (TPSA) is 167 Å². The molecule has 1 aliphatic heterocycles. The van der Waals surface area contributed by atoms with E-state index in [1.807, 2.05) is 0 Å². The highest BCUT2D eigenvalue weighted by atomic mass is 32.2. The lowest BCUT2D eigenvalue weighted by Crippen LogP contribution is -2.28. The minimum absolute atomic E-state index is 0.0254. The summed E-state index contributed by atoms with van der Waals surface area (Å²) >= 11 is 1.20. The molecule has 0 saturated carbocycles. The normalized spacial score (nSPS) is 13.2. The third kappa shape index (κ3) is 4.20. The van der Waals surface area contributed by atoms with Gasteiger partial charge in [-0.1, -0.05) is 0 Å². The number of nitrogens with two attached hydrogens (primary N) is 1. The number of nitrogens with one attached hydrogen (secondary N) is 4. The molecule has 13 heteroatoms. The summed E-state index contributed by atoms with van der Waals surface area (Å²) in [6.07, 6.45) is 1.52. The van der Waals surface area contributed by atoms with Crippen molar-refractivity contribution in [1.82, 2.24) is 15.0 Å². The van der Waals surface area contributed by atoms with Gasteiger partial charge in [0.25, 0.3) is 15.6 Å². The van der Waals surface area contributed by atoms with Gasteiger partial charge in [0.1, 0.15) is 0 Å². The zero-order chi connectivity index (χ0) is 20.4. The van der Waals surface area contributed by atoms with Crippen molar-refractivity contribution in [3.8, 4) is 0 Å². The number of aromatic amines is 1. The number of H-pyrrole nitrogens is 1. The lowest BCUT2D eigenvalue weighted by Gasteiger charge is -2.17. The van der Waals surface area contributed by atoms with Crippen molar-refractivity contribution >= 4 is 55.3 Å². The molecule has 0 fully saturated rings. The molecule has 0 saturated heterocycles. The van der Waals surface area contributed by atoms with Crippen molar-refractivity contribution in [2.24, 2.45) is 4.99 Å². The van der Waals surface area contributed by atoms with E-state index in [1.165, 1.54) is 29.7 Å². The maximum Gasteiger partial charge on any atom is 0.280 e. The maximum absolute atomic E-state index is 12.3. The number of sulfonamides is 1. The van der Waals surface area contributed by atoms with E-state index >= 15 is 0 Å². The molecule has 3 heterocycles. The number of fused-ring (bicyclic) bond motifs is 1. The second kappa shape index (κ2) is 7.52. The molecular weight excluding hydrogens is 416 g/mol. The Balaban J connectivity index is 1.43. The fourth-order valence-electron chi connectivity index (χ4n) is 2.60. The van der Waals surface area contributed by atoms with E-state index in [0.717, 1.165) is 0 Å². The highest BCUT2D eigenvalue weighted by Crippen LogP contribution is 2.22. The van der Waals surface area contributed by atoms with Gasteiger partial charge in [-0.25, -0.2) is 18.4 Å². The Morgan fingerprint density at radius 2 is 2.03 bits per heavy atom. The van der Waals surface area contributed by atoms with Crippen LogP contribution in [0.25, 0.3) is 0 Å². The summed E-state index contributed by atoms with van der Waals surface area (Å²) in [5, 5.41) is 8.15. The Morgan fingerprint density at radius 3 is 2.76 bits per heavy atom. The van der Waals surface area contributed by atoms with Crippen LogP contribution in [0.2, 0.25) is 0 Å². The Labute approximate surface area is 169 Å². The first-order valence-electron chi connectivity index (χ1n) is 8.37. The van der Waals surface area contributed by atoms with Crippen LogP contribution < -0.4 is 26.6 Å². The molecule has 150 valence electrons. The third-order valence-corrected chi connectivity index (χ3v) is 6.13. The van der Waals surface area contributed by atoms with Crippen molar-refractivity contribution in [2.45, 2.75) is 4.90 Å². The van der Waals surface area contributed by atoms with Gasteiger partial charge < -0.3 is 16.4 Å². The highest BCUT2D eigenvalue weighted by molar-refractivity contribution is 7.93. The maximum atomic E-state index is 12.3. The number of nitrogens with zero attached hydrogens (tertiary/aromatic N) is 3. The molecule has 1 aliphatic rings. The molecule has 0 aliphatic carbocycles. The summed E-state index contributed by atoms with van der Waals surface area (Å²) in [5.41, 5.74) is 6.67. The number of aromatic nitrogens is 3. The average Bonchev–Trinajstić information content (AvgIpc) is 3.19. The number of hydrogen-bond acceptors (Lipinski definition) is 10. The number of nitrogen functional groups attached to an aromatic ring is 1. The highest BCUT2D eigenvalue weighted by Gasteiger charge is 2.17. The minimum atomic E-state index is -3.70. The zero-order valence-electron chi connectivity index (χ0n) is 14.8. The standard InChI is InChI=1S/C16H16N8O3S2/c17-15-22-13-12(14(25)23-15)21-10(8-20-13)7-19-9-1-3-11(4-2-9)29(26,27)24-16-18-5-6-28-16/h1-6,19H,7-8H2,(H,18,24)(H4,17,20,22,23,25). The van der Waals surface area contributed by atoms with Crippen LogP contribution in [0.3, 0.4) is 0 Å². The van der Waals surface area contributed by atoms with E-state index < -0.39 is 15.6 Å². The number of thiazole rings is 1. The van der Waals surface area contributed by atoms with Crippen molar-refractivity contribution in [1.29, 1.82) is 0 Å². The third-order valence-electron chi connectivity index (χ3n) is 3.96. The molecule has 1 aromatic carbocycles. The Morgan fingerprint density at radius 1 is 1.24 bits per heavy atom. The quantitative estimate of drug-likeness (QED) is 0.387. The van der Waals surface area contributed by atoms with Gasteiger partial charge in [-0.2, -0.15) is 4.98 Å². The number of anilines is 4. The molecule has 2 aromatic heterocycles. The van der Waals surface area contributed by atoms with E-state index in [9.17, 15) is 13.2 Å². The molecule has 0 amide bonds. The summed E-state index contributed by atoms with van der Waals surface area (Å²) in [6.45, 7) is 0.764. The van der Waals surface area contributed by atoms with Crippen molar-refractivity contribution in [2.75, 3.05) is 34.2 Å². The molecule has 0 bridgehead atoms. The molecular formula is C16H16N8O3S2. The SMILES string of the molecule is Nc1nc2c(c(=O)[nH]1)N=C(CNc1ccc(S(=O)(=O)Nc3nccs3)cc1)CN2. The van der Waals surface area contributed by atoms with Crippen LogP contribution in [0.4, 0.5) is 28.3 Å². The van der Waals surface area contributed by atoms with Gasteiger partial charge in [0.05, 0.1) is 23.7 Å². The number of aliphatic imine (C=N–C) groups is 1. The van der Waals surface area contributed by atoms with Gasteiger partial charge in [0, 0.05) is 17.3 Å². The van der Waals surface area contributed by atoms with Crippen LogP contribution in [0.5, 0.6) is 0 Å². The van der Waals surface area contributed by atoms with E-state index in [-0.39, 0.29) is 16.5 Å². The largest absolute Gasteiger partial charge is 0.380 e. The molecule has 6 N–H and O–H groups in total. The number of rotatable bonds is 6. The molecule has 11 nitrogen and oxygen atoms in total. The van der Waals surface area contributed by atoms with Gasteiger partial charge in [0.2, 0.25) is 5.95 Å². The average molecular weight is 432 g/mol. The molecule has 4 rings (SSSR count). The van der Waals surface area contributed by atoms with Crippen LogP contribution >= 0.6 is 11.3 Å². The van der Waals surface area contributed by atoms with E-state index in [2.05, 4.69) is 35.3 Å². The Bertz CT molecular complexity index is 1220. The predicted octanol–water partition coefficient (Wildman–Crippen LogP) is 1.22. The van der Waals surface area contributed by atoms with E-state index in [0.29, 0.717) is 35.4 Å². The van der Waals surface area contributed by atoms with Gasteiger partial charge >= 0.3 is 0 Å². The summed E-state index contributed by atoms with van der Waals surface area (Å²) in [4.78, 5) is 26.7. The summed E-state index contributed by atoms with van der Waals surface area (Å²) in [6, 6.07) is 6.28. The first-order valence-corrected chi connectivity index (χ1v) is 10.7. The van der Waals surface area contributed by atoms with Gasteiger partial charge in [-0.15, -0.1) is 11.3 Å². The summed E-state index contributed by atoms with van der Waals surface area (Å²) < 4.78 is 27.1. The molecule has 3 aromatic rings. The zero-order valence-corrected chi connectivity index (χ0v) is 16.5. The molecule has 0 radical (unpaired) electrons. The fraction of sp³-hybridized carbons (Fsp3) is 0.125. The van der Waals surface area contributed by atoms with Crippen molar-refractivity contribution in [3.63, 3.8) is 0 Å². The Kier molecular flexibility index (Phi) is 4.90. The smallest absolute Gasteiger partial charge is 0.280 e. The molecule has 0 atom stereocenters. The fourth-order valence-corrected chi connectivity index (χ4v) is 4.39. The number of benzene rings is 1. The van der Waals surface area contributed by atoms with E-state index in [4.69, 9.17) is 5.73 Å². The van der Waals surface area contributed by atoms with Crippen molar-refractivity contribution < 1.29 is 8.42 Å². The minimum Gasteiger partial charge on any atom is -0.380 e. The first-order chi connectivity index (χ1) is 13.9. The van der Waals surface area contributed by atoms with Gasteiger partial charge in [-0.3, -0.25) is 14.5 Å². The van der Waals surface area contributed by atoms with Crippen LogP contribution in [0, 0.1) is 0 Å². The predicted molar refractivity (Wildman–Crippen MR) is 113 cm³/mol. The van der Waals surface area contributed by atoms with Crippen LogP contribution in [-0.2, 0) is 10.0 Å². The van der Waals surface area contributed by atoms with E-state index in [1.54, 1.807) is 17.5 Å². The lowest BCUT2D eigenvalue weighted by molar-refractivity contribution is 0.601.